The van der Waals surface area contributed by atoms with Gasteiger partial charge in [-0.05, 0) is 25.0 Å². The van der Waals surface area contributed by atoms with Crippen molar-refractivity contribution in [3.63, 3.8) is 0 Å². The van der Waals surface area contributed by atoms with Gasteiger partial charge in [-0.15, -0.1) is 0 Å². The molecule has 1 aromatic carbocycles. The maximum Gasteiger partial charge on any atom is 0.433 e. The molecule has 1 heterocycles. The first-order valence-corrected chi connectivity index (χ1v) is 6.76. The molecule has 3 rings (SSSR count). The van der Waals surface area contributed by atoms with Crippen LogP contribution in [0, 0.1) is 11.6 Å². The normalized spacial score (nSPS) is 14.7. The van der Waals surface area contributed by atoms with Gasteiger partial charge in [-0.2, -0.15) is 18.2 Å². The summed E-state index contributed by atoms with van der Waals surface area (Å²) in [4.78, 5) is 7.36. The lowest BCUT2D eigenvalue weighted by molar-refractivity contribution is -0.141. The fraction of sp³-hybridized carbons (Fsp3) is 0.286. The van der Waals surface area contributed by atoms with Crippen LogP contribution in [0.25, 0.3) is 0 Å². The number of hydrogen-bond donors (Lipinski definition) is 2. The summed E-state index contributed by atoms with van der Waals surface area (Å²) in [5, 5.41) is 5.30. The number of alkyl halides is 3. The quantitative estimate of drug-likeness (QED) is 0.829. The predicted molar refractivity (Wildman–Crippen MR) is 73.3 cm³/mol. The molecule has 2 N–H and O–H groups in total. The molecule has 1 fully saturated rings. The molecule has 122 valence electrons. The van der Waals surface area contributed by atoms with Gasteiger partial charge in [-0.25, -0.2) is 13.8 Å². The minimum absolute atomic E-state index is 0.0644. The Morgan fingerprint density at radius 2 is 1.74 bits per heavy atom. The molecular weight excluding hydrogens is 319 g/mol. The number of rotatable bonds is 4. The summed E-state index contributed by atoms with van der Waals surface area (Å²) in [5.41, 5.74) is -1.05. The Balaban J connectivity index is 1.91. The molecular formula is C14H11F5N4. The number of hydrogen-bond acceptors (Lipinski definition) is 4. The van der Waals surface area contributed by atoms with Gasteiger partial charge in [0.1, 0.15) is 5.82 Å². The van der Waals surface area contributed by atoms with Crippen molar-refractivity contribution in [2.24, 2.45) is 0 Å². The second-order valence-corrected chi connectivity index (χ2v) is 5.13. The summed E-state index contributed by atoms with van der Waals surface area (Å²) in [6.45, 7) is 0. The second-order valence-electron chi connectivity index (χ2n) is 5.13. The summed E-state index contributed by atoms with van der Waals surface area (Å²) in [7, 11) is 0. The van der Waals surface area contributed by atoms with Crippen molar-refractivity contribution in [1.82, 2.24) is 9.97 Å². The van der Waals surface area contributed by atoms with E-state index in [1.807, 2.05) is 0 Å². The molecule has 1 aromatic heterocycles. The van der Waals surface area contributed by atoms with Crippen molar-refractivity contribution in [2.75, 3.05) is 10.6 Å². The van der Waals surface area contributed by atoms with Crippen LogP contribution in [-0.4, -0.2) is 16.0 Å². The molecule has 23 heavy (non-hydrogen) atoms. The van der Waals surface area contributed by atoms with E-state index in [4.69, 9.17) is 0 Å². The Morgan fingerprint density at radius 1 is 1.00 bits per heavy atom. The van der Waals surface area contributed by atoms with Gasteiger partial charge in [0.15, 0.2) is 17.3 Å². The largest absolute Gasteiger partial charge is 0.433 e. The van der Waals surface area contributed by atoms with Crippen molar-refractivity contribution in [2.45, 2.75) is 25.1 Å². The van der Waals surface area contributed by atoms with Gasteiger partial charge in [-0.3, -0.25) is 0 Å². The van der Waals surface area contributed by atoms with Crippen molar-refractivity contribution in [1.29, 1.82) is 0 Å². The number of anilines is 3. The zero-order chi connectivity index (χ0) is 16.6. The molecule has 0 unspecified atom stereocenters. The van der Waals surface area contributed by atoms with Gasteiger partial charge < -0.3 is 10.6 Å². The summed E-state index contributed by atoms with van der Waals surface area (Å²) in [6, 6.07) is 3.67. The minimum atomic E-state index is -4.65. The first-order chi connectivity index (χ1) is 10.8. The van der Waals surface area contributed by atoms with Gasteiger partial charge >= 0.3 is 6.18 Å². The van der Waals surface area contributed by atoms with E-state index in [0.29, 0.717) is 6.07 Å². The van der Waals surface area contributed by atoms with Crippen LogP contribution in [0.4, 0.5) is 39.4 Å². The SMILES string of the molecule is Fc1ccc(Nc2cc(C(F)(F)F)nc(NC3CC3)n2)cc1F. The summed E-state index contributed by atoms with van der Waals surface area (Å²) in [6.07, 6.45) is -2.97. The Kier molecular flexibility index (Phi) is 3.78. The molecule has 9 heteroatoms. The molecule has 2 aromatic rings. The predicted octanol–water partition coefficient (Wildman–Crippen LogP) is 4.09. The third kappa shape index (κ3) is 3.85. The Labute approximate surface area is 127 Å². The van der Waals surface area contributed by atoms with Crippen LogP contribution in [-0.2, 0) is 6.18 Å². The average Bonchev–Trinajstić information content (AvgIpc) is 3.26. The summed E-state index contributed by atoms with van der Waals surface area (Å²) >= 11 is 0. The van der Waals surface area contributed by atoms with Crippen LogP contribution in [0.15, 0.2) is 24.3 Å². The standard InChI is InChI=1S/C14H11F5N4/c15-9-4-3-8(5-10(9)16)20-12-6-11(14(17,18)19)22-13(23-12)21-7-1-2-7/h3-7H,1-2H2,(H2,20,21,22,23). The topological polar surface area (TPSA) is 49.8 Å². The number of halogens is 5. The highest BCUT2D eigenvalue weighted by Gasteiger charge is 2.34. The molecule has 0 atom stereocenters. The van der Waals surface area contributed by atoms with Gasteiger partial charge in [0.05, 0.1) is 0 Å². The Hall–Kier alpha value is -2.45. The van der Waals surface area contributed by atoms with Crippen LogP contribution in [0.2, 0.25) is 0 Å². The first-order valence-electron chi connectivity index (χ1n) is 6.76. The van der Waals surface area contributed by atoms with Crippen molar-refractivity contribution < 1.29 is 22.0 Å². The zero-order valence-electron chi connectivity index (χ0n) is 11.6. The third-order valence-corrected chi connectivity index (χ3v) is 3.12. The van der Waals surface area contributed by atoms with Gasteiger partial charge in [0.25, 0.3) is 0 Å². The lowest BCUT2D eigenvalue weighted by Crippen LogP contribution is -2.14. The molecule has 4 nitrogen and oxygen atoms in total. The molecule has 0 amide bonds. The van der Waals surface area contributed by atoms with Crippen molar-refractivity contribution in [3.8, 4) is 0 Å². The van der Waals surface area contributed by atoms with Gasteiger partial charge in [0, 0.05) is 23.9 Å². The fourth-order valence-corrected chi connectivity index (χ4v) is 1.85. The average molecular weight is 330 g/mol. The fourth-order valence-electron chi connectivity index (χ4n) is 1.85. The van der Waals surface area contributed by atoms with E-state index in [-0.39, 0.29) is 23.5 Å². The van der Waals surface area contributed by atoms with Crippen molar-refractivity contribution >= 4 is 17.5 Å². The van der Waals surface area contributed by atoms with Gasteiger partial charge in [-0.1, -0.05) is 0 Å². The molecule has 0 aliphatic heterocycles. The van der Waals surface area contributed by atoms with E-state index in [2.05, 4.69) is 20.6 Å². The van der Waals surface area contributed by atoms with E-state index >= 15 is 0 Å². The maximum absolute atomic E-state index is 13.2. The van der Waals surface area contributed by atoms with Crippen LogP contribution >= 0.6 is 0 Å². The van der Waals surface area contributed by atoms with Crippen LogP contribution in [0.5, 0.6) is 0 Å². The van der Waals surface area contributed by atoms with E-state index in [1.165, 1.54) is 6.07 Å². The van der Waals surface area contributed by atoms with Crippen LogP contribution in [0.1, 0.15) is 18.5 Å². The van der Waals surface area contributed by atoms with Gasteiger partial charge in [0.2, 0.25) is 5.95 Å². The van der Waals surface area contributed by atoms with E-state index in [9.17, 15) is 22.0 Å². The monoisotopic (exact) mass is 330 g/mol. The van der Waals surface area contributed by atoms with Crippen LogP contribution in [0.3, 0.4) is 0 Å². The van der Waals surface area contributed by atoms with Crippen molar-refractivity contribution in [3.05, 3.63) is 41.6 Å². The maximum atomic E-state index is 13.2. The molecule has 1 saturated carbocycles. The van der Waals surface area contributed by atoms with Crippen LogP contribution < -0.4 is 10.6 Å². The highest BCUT2D eigenvalue weighted by atomic mass is 19.4. The molecule has 0 spiro atoms. The third-order valence-electron chi connectivity index (χ3n) is 3.12. The highest BCUT2D eigenvalue weighted by Crippen LogP contribution is 2.31. The lowest BCUT2D eigenvalue weighted by Gasteiger charge is -2.12. The Morgan fingerprint density at radius 3 is 2.35 bits per heavy atom. The number of nitrogens with zero attached hydrogens (tertiary/aromatic N) is 2. The number of benzene rings is 1. The van der Waals surface area contributed by atoms with E-state index in [1.54, 1.807) is 0 Å². The minimum Gasteiger partial charge on any atom is -0.351 e. The molecule has 0 radical (unpaired) electrons. The molecule has 1 aliphatic carbocycles. The van der Waals surface area contributed by atoms with E-state index in [0.717, 1.165) is 25.0 Å². The molecule has 1 aliphatic rings. The lowest BCUT2D eigenvalue weighted by atomic mass is 10.3. The number of aromatic nitrogens is 2. The highest BCUT2D eigenvalue weighted by molar-refractivity contribution is 5.58. The second kappa shape index (κ2) is 5.64. The molecule has 0 saturated heterocycles. The zero-order valence-corrected chi connectivity index (χ0v) is 11.6. The number of nitrogens with one attached hydrogen (secondary N) is 2. The summed E-state index contributed by atoms with van der Waals surface area (Å²) < 4.78 is 64.8. The van der Waals surface area contributed by atoms with E-state index < -0.39 is 23.5 Å². The first kappa shape index (κ1) is 15.4. The molecule has 0 bridgehead atoms. The Bertz CT molecular complexity index is 728. The summed E-state index contributed by atoms with van der Waals surface area (Å²) in [5.74, 6) is -2.49. The smallest absolute Gasteiger partial charge is 0.351 e.